The van der Waals surface area contributed by atoms with Gasteiger partial charge in [-0.2, -0.15) is 0 Å². The summed E-state index contributed by atoms with van der Waals surface area (Å²) in [7, 11) is -0.523. The third kappa shape index (κ3) is 1.86. The van der Waals surface area contributed by atoms with Crippen LogP contribution in [0.1, 0.15) is 0 Å². The third-order valence-electron chi connectivity index (χ3n) is 1.97. The van der Waals surface area contributed by atoms with Crippen LogP contribution < -0.4 is 0 Å². The minimum atomic E-state index is -3.45. The molecule has 0 fully saturated rings. The number of sulfonamides is 1. The van der Waals surface area contributed by atoms with Crippen molar-refractivity contribution in [1.29, 1.82) is 0 Å². The first-order valence-electron chi connectivity index (χ1n) is 4.30. The Morgan fingerprint density at radius 2 is 2.19 bits per heavy atom. The van der Waals surface area contributed by atoms with Gasteiger partial charge in [-0.1, -0.05) is 4.49 Å². The van der Waals surface area contributed by atoms with Gasteiger partial charge in [0.05, 0.1) is 0 Å². The normalized spacial score (nSPS) is 12.2. The van der Waals surface area contributed by atoms with Crippen molar-refractivity contribution >= 4 is 21.6 Å². The van der Waals surface area contributed by atoms with Gasteiger partial charge in [-0.25, -0.2) is 12.7 Å². The van der Waals surface area contributed by atoms with Crippen molar-refractivity contribution in [2.45, 2.75) is 4.90 Å². The van der Waals surface area contributed by atoms with Gasteiger partial charge >= 0.3 is 0 Å². The van der Waals surface area contributed by atoms with Crippen molar-refractivity contribution in [3.05, 3.63) is 17.7 Å². The number of furan rings is 1. The van der Waals surface area contributed by atoms with Gasteiger partial charge in [0, 0.05) is 25.5 Å². The van der Waals surface area contributed by atoms with Crippen LogP contribution in [0.15, 0.2) is 27.0 Å². The summed E-state index contributed by atoms with van der Waals surface area (Å²) in [6.07, 6.45) is 1.20. The lowest BCUT2D eigenvalue weighted by Crippen LogP contribution is -2.21. The second-order valence-corrected chi connectivity index (χ2v) is 5.99. The van der Waals surface area contributed by atoms with Crippen LogP contribution in [0, 0.1) is 0 Å². The standard InChI is InChI=1S/C8H9N3O3S2/c1-11(2)16(12,13)6-3-8(14-4-6)7-5-15-10-9-7/h3-5H,1-2H3. The van der Waals surface area contributed by atoms with Gasteiger partial charge in [0.25, 0.3) is 0 Å². The predicted octanol–water partition coefficient (Wildman–Crippen LogP) is 1.05. The zero-order valence-corrected chi connectivity index (χ0v) is 10.2. The fourth-order valence-corrected chi connectivity index (χ4v) is 2.36. The van der Waals surface area contributed by atoms with Crippen LogP contribution in [0.2, 0.25) is 0 Å². The van der Waals surface area contributed by atoms with Crippen molar-refractivity contribution in [2.24, 2.45) is 0 Å². The minimum Gasteiger partial charge on any atom is -0.461 e. The van der Waals surface area contributed by atoms with Gasteiger partial charge < -0.3 is 4.42 Å². The van der Waals surface area contributed by atoms with E-state index in [-0.39, 0.29) is 4.90 Å². The highest BCUT2D eigenvalue weighted by molar-refractivity contribution is 7.89. The molecule has 86 valence electrons. The molecule has 16 heavy (non-hydrogen) atoms. The average Bonchev–Trinajstić information content (AvgIpc) is 2.88. The van der Waals surface area contributed by atoms with Crippen LogP contribution >= 0.6 is 11.5 Å². The summed E-state index contributed by atoms with van der Waals surface area (Å²) in [6, 6.07) is 1.44. The molecule has 0 aliphatic heterocycles. The molecule has 0 saturated carbocycles. The maximum atomic E-state index is 11.7. The fraction of sp³-hybridized carbons (Fsp3) is 0.250. The topological polar surface area (TPSA) is 76.3 Å². The number of aromatic nitrogens is 2. The van der Waals surface area contributed by atoms with Crippen molar-refractivity contribution in [2.75, 3.05) is 14.1 Å². The number of nitrogens with zero attached hydrogens (tertiary/aromatic N) is 3. The van der Waals surface area contributed by atoms with E-state index in [2.05, 4.69) is 9.59 Å². The van der Waals surface area contributed by atoms with Gasteiger partial charge in [0.2, 0.25) is 10.0 Å². The molecule has 2 aromatic heterocycles. The molecule has 2 aromatic rings. The molecule has 0 aliphatic carbocycles. The molecule has 8 heteroatoms. The molecule has 2 heterocycles. The maximum absolute atomic E-state index is 11.7. The van der Waals surface area contributed by atoms with E-state index in [4.69, 9.17) is 4.42 Å². The molecule has 0 aromatic carbocycles. The maximum Gasteiger partial charge on any atom is 0.245 e. The van der Waals surface area contributed by atoms with Gasteiger partial charge in [0.1, 0.15) is 16.9 Å². The first kappa shape index (κ1) is 11.2. The largest absolute Gasteiger partial charge is 0.461 e. The lowest BCUT2D eigenvalue weighted by atomic mass is 10.4. The van der Waals surface area contributed by atoms with E-state index in [0.717, 1.165) is 4.31 Å². The van der Waals surface area contributed by atoms with Gasteiger partial charge in [-0.05, 0) is 11.5 Å². The number of hydrogen-bond donors (Lipinski definition) is 0. The molecule has 2 rings (SSSR count). The Morgan fingerprint density at radius 3 is 2.75 bits per heavy atom. The molecule has 0 N–H and O–H groups in total. The summed E-state index contributed by atoms with van der Waals surface area (Å²) in [4.78, 5) is 0.112. The van der Waals surface area contributed by atoms with E-state index in [9.17, 15) is 8.42 Å². The monoisotopic (exact) mass is 259 g/mol. The minimum absolute atomic E-state index is 0.112. The van der Waals surface area contributed by atoms with Gasteiger partial charge in [-0.15, -0.1) is 5.10 Å². The van der Waals surface area contributed by atoms with Gasteiger partial charge in [-0.3, -0.25) is 0 Å². The summed E-state index contributed by atoms with van der Waals surface area (Å²) in [6.45, 7) is 0. The Balaban J connectivity index is 2.41. The lowest BCUT2D eigenvalue weighted by Gasteiger charge is -2.07. The number of rotatable bonds is 3. The van der Waals surface area contributed by atoms with Crippen molar-refractivity contribution in [3.8, 4) is 11.5 Å². The lowest BCUT2D eigenvalue weighted by molar-refractivity contribution is 0.516. The average molecular weight is 259 g/mol. The highest BCUT2D eigenvalue weighted by atomic mass is 32.2. The fourth-order valence-electron chi connectivity index (χ4n) is 1.07. The van der Waals surface area contributed by atoms with E-state index in [1.807, 2.05) is 0 Å². The molecule has 0 amide bonds. The third-order valence-corrected chi connectivity index (χ3v) is 4.24. The van der Waals surface area contributed by atoms with Crippen molar-refractivity contribution in [3.63, 3.8) is 0 Å². The van der Waals surface area contributed by atoms with Crippen molar-refractivity contribution in [1.82, 2.24) is 13.9 Å². The summed E-state index contributed by atoms with van der Waals surface area (Å²) < 4.78 is 33.4. The first-order chi connectivity index (χ1) is 7.51. The molecule has 0 radical (unpaired) electrons. The Morgan fingerprint density at radius 1 is 1.44 bits per heavy atom. The van der Waals surface area contributed by atoms with E-state index in [1.54, 1.807) is 5.38 Å². The summed E-state index contributed by atoms with van der Waals surface area (Å²) in [5, 5.41) is 5.48. The summed E-state index contributed by atoms with van der Waals surface area (Å²) in [5.74, 6) is 0.397. The SMILES string of the molecule is CN(C)S(=O)(=O)c1coc(-c2csnn2)c1. The second kappa shape index (κ2) is 3.96. The number of hydrogen-bond acceptors (Lipinski definition) is 6. The smallest absolute Gasteiger partial charge is 0.245 e. The Hall–Kier alpha value is -1.25. The zero-order valence-electron chi connectivity index (χ0n) is 8.61. The summed E-state index contributed by atoms with van der Waals surface area (Å²) >= 11 is 1.18. The van der Waals surface area contributed by atoms with Crippen LogP contribution in [0.4, 0.5) is 0 Å². The Bertz CT molecular complexity index is 571. The van der Waals surface area contributed by atoms with Gasteiger partial charge in [0.15, 0.2) is 5.76 Å². The molecule has 0 atom stereocenters. The molecule has 6 nitrogen and oxygen atoms in total. The quantitative estimate of drug-likeness (QED) is 0.823. The van der Waals surface area contributed by atoms with E-state index < -0.39 is 10.0 Å². The second-order valence-electron chi connectivity index (χ2n) is 3.22. The highest BCUT2D eigenvalue weighted by Gasteiger charge is 2.21. The molecule has 0 saturated heterocycles. The van der Waals surface area contributed by atoms with Crippen molar-refractivity contribution < 1.29 is 12.8 Å². The van der Waals surface area contributed by atoms with Crippen LogP contribution in [-0.2, 0) is 10.0 Å². The Labute approximate surface area is 96.7 Å². The van der Waals surface area contributed by atoms with E-state index >= 15 is 0 Å². The predicted molar refractivity (Wildman–Crippen MR) is 58.5 cm³/mol. The van der Waals surface area contributed by atoms with Crippen LogP contribution in [-0.4, -0.2) is 36.4 Å². The van der Waals surface area contributed by atoms with E-state index in [1.165, 1.54) is 38.0 Å². The first-order valence-corrected chi connectivity index (χ1v) is 6.58. The molecular weight excluding hydrogens is 250 g/mol. The Kier molecular flexibility index (Phi) is 2.78. The summed E-state index contributed by atoms with van der Waals surface area (Å²) in [5.41, 5.74) is 0.533. The molecule has 0 spiro atoms. The van der Waals surface area contributed by atoms with Crippen LogP contribution in [0.5, 0.6) is 0 Å². The molecule has 0 bridgehead atoms. The zero-order chi connectivity index (χ0) is 11.8. The highest BCUT2D eigenvalue weighted by Crippen LogP contribution is 2.24. The van der Waals surface area contributed by atoms with E-state index in [0.29, 0.717) is 11.5 Å². The van der Waals surface area contributed by atoms with Crippen LogP contribution in [0.25, 0.3) is 11.5 Å². The molecular formula is C8H9N3O3S2. The molecule has 0 unspecified atom stereocenters. The molecule has 0 aliphatic rings. The van der Waals surface area contributed by atoms with Crippen LogP contribution in [0.3, 0.4) is 0 Å².